The molecule has 2 aliphatic rings. The number of carbonyl (C=O) groups excluding carboxylic acids is 1. The van der Waals surface area contributed by atoms with Crippen molar-refractivity contribution in [3.05, 3.63) is 44.7 Å². The fraction of sp³-hybridized carbons (Fsp3) is 0.409. The standard InChI is InChI=1S/C22H25N5O4S2/c1-3-24-8-10-25(11-9-24)19-15(20(30)27-13-14(2)4-5-17(27)23-19)12-16-21(31)26(22(32)33-16)7-6-18(28)29/h4-5,12-13H,3,6-11H2,1-2H3,(H,28,29)/b16-12-. The van der Waals surface area contributed by atoms with Gasteiger partial charge in [-0.05, 0) is 31.2 Å². The molecule has 1 N–H and O–H groups in total. The Kier molecular flexibility index (Phi) is 6.82. The van der Waals surface area contributed by atoms with Gasteiger partial charge in [-0.25, -0.2) is 4.98 Å². The first-order chi connectivity index (χ1) is 15.8. The second-order valence-electron chi connectivity index (χ2n) is 7.99. The van der Waals surface area contributed by atoms with E-state index in [4.69, 9.17) is 22.3 Å². The lowest BCUT2D eigenvalue weighted by Gasteiger charge is -2.35. The summed E-state index contributed by atoms with van der Waals surface area (Å²) >= 11 is 6.37. The monoisotopic (exact) mass is 487 g/mol. The van der Waals surface area contributed by atoms with Crippen LogP contribution in [0.4, 0.5) is 5.82 Å². The fourth-order valence-electron chi connectivity index (χ4n) is 3.92. The highest BCUT2D eigenvalue weighted by molar-refractivity contribution is 8.26. The minimum absolute atomic E-state index is 0.00266. The summed E-state index contributed by atoms with van der Waals surface area (Å²) < 4.78 is 1.79. The van der Waals surface area contributed by atoms with Crippen LogP contribution in [0.2, 0.25) is 0 Å². The van der Waals surface area contributed by atoms with Gasteiger partial charge in [-0.15, -0.1) is 0 Å². The van der Waals surface area contributed by atoms with E-state index in [0.717, 1.165) is 50.0 Å². The number of anilines is 1. The number of fused-ring (bicyclic) bond motifs is 1. The lowest BCUT2D eigenvalue weighted by atomic mass is 10.2. The van der Waals surface area contributed by atoms with E-state index in [1.54, 1.807) is 12.3 Å². The summed E-state index contributed by atoms with van der Waals surface area (Å²) in [5.74, 6) is -0.842. The Labute approximate surface area is 200 Å². The Morgan fingerprint density at radius 3 is 2.64 bits per heavy atom. The summed E-state index contributed by atoms with van der Waals surface area (Å²) in [7, 11) is 0. The average molecular weight is 488 g/mol. The first-order valence-corrected chi connectivity index (χ1v) is 12.0. The number of aryl methyl sites for hydroxylation is 1. The van der Waals surface area contributed by atoms with Crippen molar-refractivity contribution in [2.45, 2.75) is 20.3 Å². The van der Waals surface area contributed by atoms with Gasteiger partial charge in [0.1, 0.15) is 15.8 Å². The predicted octanol–water partition coefficient (Wildman–Crippen LogP) is 1.82. The van der Waals surface area contributed by atoms with E-state index >= 15 is 0 Å². The topological polar surface area (TPSA) is 98.5 Å². The van der Waals surface area contributed by atoms with Gasteiger partial charge in [-0.2, -0.15) is 0 Å². The molecule has 11 heteroatoms. The molecule has 0 radical (unpaired) electrons. The highest BCUT2D eigenvalue weighted by atomic mass is 32.2. The van der Waals surface area contributed by atoms with Crippen molar-refractivity contribution in [3.63, 3.8) is 0 Å². The molecule has 4 heterocycles. The molecule has 2 fully saturated rings. The molecule has 1 amide bonds. The number of likely N-dealkylation sites (N-methyl/N-ethyl adjacent to an activating group) is 1. The molecule has 0 bridgehead atoms. The maximum atomic E-state index is 13.5. The van der Waals surface area contributed by atoms with E-state index in [1.165, 1.54) is 9.30 Å². The third kappa shape index (κ3) is 4.80. The number of aromatic nitrogens is 2. The van der Waals surface area contributed by atoms with Crippen LogP contribution in [0.15, 0.2) is 28.0 Å². The second kappa shape index (κ2) is 9.62. The molecule has 0 spiro atoms. The van der Waals surface area contributed by atoms with Crippen molar-refractivity contribution in [2.24, 2.45) is 0 Å². The van der Waals surface area contributed by atoms with Crippen LogP contribution in [0, 0.1) is 6.92 Å². The van der Waals surface area contributed by atoms with E-state index in [0.29, 0.717) is 21.9 Å². The molecule has 33 heavy (non-hydrogen) atoms. The van der Waals surface area contributed by atoms with E-state index in [9.17, 15) is 14.4 Å². The summed E-state index contributed by atoms with van der Waals surface area (Å²) in [6.45, 7) is 8.16. The van der Waals surface area contributed by atoms with E-state index in [1.807, 2.05) is 19.1 Å². The Morgan fingerprint density at radius 2 is 1.97 bits per heavy atom. The second-order valence-corrected chi connectivity index (χ2v) is 9.66. The molecule has 4 rings (SSSR count). The van der Waals surface area contributed by atoms with Crippen molar-refractivity contribution in [1.82, 2.24) is 19.2 Å². The van der Waals surface area contributed by atoms with Crippen molar-refractivity contribution in [3.8, 4) is 0 Å². The van der Waals surface area contributed by atoms with Crippen molar-refractivity contribution in [1.29, 1.82) is 0 Å². The Hall–Kier alpha value is -2.76. The minimum atomic E-state index is -1.01. The molecule has 2 aliphatic heterocycles. The van der Waals surface area contributed by atoms with Crippen LogP contribution in [0.25, 0.3) is 11.7 Å². The van der Waals surface area contributed by atoms with Crippen LogP contribution >= 0.6 is 24.0 Å². The number of thiocarbonyl (C=S) groups is 1. The summed E-state index contributed by atoms with van der Waals surface area (Å²) in [4.78, 5) is 48.2. The normalized spacial score (nSPS) is 18.7. The van der Waals surface area contributed by atoms with Gasteiger partial charge in [0.15, 0.2) is 0 Å². The number of nitrogens with zero attached hydrogens (tertiary/aromatic N) is 5. The maximum Gasteiger partial charge on any atom is 0.305 e. The Bertz CT molecular complexity index is 1220. The zero-order valence-corrected chi connectivity index (χ0v) is 20.1. The molecule has 0 aromatic carbocycles. The summed E-state index contributed by atoms with van der Waals surface area (Å²) in [5, 5.41) is 8.96. The van der Waals surface area contributed by atoms with E-state index in [2.05, 4.69) is 16.7 Å². The molecule has 174 valence electrons. The summed E-state index contributed by atoms with van der Waals surface area (Å²) in [6.07, 6.45) is 3.09. The molecular weight excluding hydrogens is 462 g/mol. The quantitative estimate of drug-likeness (QED) is 0.483. The molecule has 2 aromatic heterocycles. The number of aliphatic carboxylic acids is 1. The first-order valence-electron chi connectivity index (χ1n) is 10.8. The van der Waals surface area contributed by atoms with Gasteiger partial charge in [0.2, 0.25) is 0 Å². The third-order valence-electron chi connectivity index (χ3n) is 5.80. The minimum Gasteiger partial charge on any atom is -0.481 e. The number of carboxylic acids is 1. The first kappa shape index (κ1) is 23.4. The highest BCUT2D eigenvalue weighted by Gasteiger charge is 2.33. The molecule has 2 aromatic rings. The number of pyridine rings is 1. The maximum absolute atomic E-state index is 13.5. The zero-order valence-electron chi connectivity index (χ0n) is 18.5. The average Bonchev–Trinajstić information content (AvgIpc) is 3.06. The smallest absolute Gasteiger partial charge is 0.305 e. The lowest BCUT2D eigenvalue weighted by Crippen LogP contribution is -2.47. The van der Waals surface area contributed by atoms with Gasteiger partial charge in [-0.1, -0.05) is 37.0 Å². The van der Waals surface area contributed by atoms with Crippen LogP contribution in [0.1, 0.15) is 24.5 Å². The van der Waals surface area contributed by atoms with Crippen LogP contribution < -0.4 is 10.5 Å². The highest BCUT2D eigenvalue weighted by Crippen LogP contribution is 2.33. The molecule has 0 atom stereocenters. The lowest BCUT2D eigenvalue weighted by molar-refractivity contribution is -0.137. The molecule has 9 nitrogen and oxygen atoms in total. The molecule has 0 saturated carbocycles. The number of rotatable bonds is 6. The number of carbonyl (C=O) groups is 2. The summed E-state index contributed by atoms with van der Waals surface area (Å²) in [5.41, 5.74) is 1.54. The van der Waals surface area contributed by atoms with Crippen LogP contribution in [0.5, 0.6) is 0 Å². The van der Waals surface area contributed by atoms with Gasteiger partial charge in [0.25, 0.3) is 11.5 Å². The van der Waals surface area contributed by atoms with Gasteiger partial charge in [0.05, 0.1) is 16.9 Å². The molecule has 2 saturated heterocycles. The van der Waals surface area contributed by atoms with Crippen molar-refractivity contribution >= 4 is 57.7 Å². The SMILES string of the molecule is CCN1CCN(c2nc3ccc(C)cn3c(=O)c2/C=C2\SC(=S)N(CCC(=O)O)C2=O)CC1. The molecule has 0 unspecified atom stereocenters. The van der Waals surface area contributed by atoms with Gasteiger partial charge in [0, 0.05) is 38.9 Å². The van der Waals surface area contributed by atoms with Crippen molar-refractivity contribution in [2.75, 3.05) is 44.2 Å². The number of piperazine rings is 1. The Morgan fingerprint density at radius 1 is 1.24 bits per heavy atom. The summed E-state index contributed by atoms with van der Waals surface area (Å²) in [6, 6.07) is 3.73. The van der Waals surface area contributed by atoms with Gasteiger partial charge < -0.3 is 14.9 Å². The number of hydrogen-bond acceptors (Lipinski definition) is 8. The van der Waals surface area contributed by atoms with Gasteiger partial charge >= 0.3 is 5.97 Å². The molecule has 0 aliphatic carbocycles. The largest absolute Gasteiger partial charge is 0.481 e. The van der Waals surface area contributed by atoms with E-state index in [-0.39, 0.29) is 28.8 Å². The third-order valence-corrected chi connectivity index (χ3v) is 7.18. The van der Waals surface area contributed by atoms with Crippen LogP contribution in [-0.2, 0) is 9.59 Å². The Balaban J connectivity index is 1.78. The van der Waals surface area contributed by atoms with Crippen LogP contribution in [-0.4, -0.2) is 79.8 Å². The van der Waals surface area contributed by atoms with Crippen molar-refractivity contribution < 1.29 is 14.7 Å². The number of thioether (sulfide) groups is 1. The zero-order chi connectivity index (χ0) is 23.7. The predicted molar refractivity (Wildman–Crippen MR) is 133 cm³/mol. The van der Waals surface area contributed by atoms with Crippen LogP contribution in [0.3, 0.4) is 0 Å². The number of hydrogen-bond donors (Lipinski definition) is 1. The number of amides is 1. The fourth-order valence-corrected chi connectivity index (χ4v) is 5.21. The number of carboxylic acid groups (broad SMARTS) is 1. The van der Waals surface area contributed by atoms with E-state index < -0.39 is 5.97 Å². The molecular formula is C22H25N5O4S2. The van der Waals surface area contributed by atoms with Gasteiger partial charge in [-0.3, -0.25) is 23.7 Å².